The first-order chi connectivity index (χ1) is 6.72. The second kappa shape index (κ2) is 5.02. The molecule has 2 nitrogen and oxygen atoms in total. The van der Waals surface area contributed by atoms with Crippen molar-refractivity contribution in [2.75, 3.05) is 7.11 Å². The van der Waals surface area contributed by atoms with Gasteiger partial charge in [0.05, 0.1) is 19.6 Å². The normalized spacial score (nSPS) is 9.57. The van der Waals surface area contributed by atoms with Crippen molar-refractivity contribution in [1.82, 2.24) is 0 Å². The number of halogens is 1. The molecule has 3 heteroatoms. The Bertz CT molecular complexity index is 368. The lowest BCUT2D eigenvalue weighted by molar-refractivity contribution is 0.406. The zero-order valence-electron chi connectivity index (χ0n) is 8.30. The molecule has 1 aromatic rings. The number of hydrogen-bond donors (Lipinski definition) is 0. The number of hydrogen-bond acceptors (Lipinski definition) is 2. The highest BCUT2D eigenvalue weighted by Gasteiger charge is 2.08. The van der Waals surface area contributed by atoms with E-state index in [0.717, 1.165) is 27.8 Å². The van der Waals surface area contributed by atoms with Crippen molar-refractivity contribution >= 4 is 15.9 Å². The second-order valence-corrected chi connectivity index (χ2v) is 3.86. The Morgan fingerprint density at radius 2 is 2.07 bits per heavy atom. The van der Waals surface area contributed by atoms with Crippen LogP contribution in [0, 0.1) is 11.3 Å². The first kappa shape index (κ1) is 11.1. The summed E-state index contributed by atoms with van der Waals surface area (Å²) in [5, 5.41) is 8.67. The highest BCUT2D eigenvalue weighted by molar-refractivity contribution is 9.10. The van der Waals surface area contributed by atoms with Crippen LogP contribution in [-0.4, -0.2) is 7.11 Å². The quantitative estimate of drug-likeness (QED) is 0.830. The molecule has 1 rings (SSSR count). The Kier molecular flexibility index (Phi) is 3.97. The SMILES string of the molecule is CCc1cc(Br)cc(CC#N)c1OC. The molecule has 0 saturated carbocycles. The fourth-order valence-electron chi connectivity index (χ4n) is 1.45. The van der Waals surface area contributed by atoms with Gasteiger partial charge in [0.25, 0.3) is 0 Å². The Morgan fingerprint density at radius 3 is 2.57 bits per heavy atom. The smallest absolute Gasteiger partial charge is 0.126 e. The van der Waals surface area contributed by atoms with Gasteiger partial charge in [-0.3, -0.25) is 0 Å². The molecule has 0 fully saturated rings. The highest BCUT2D eigenvalue weighted by atomic mass is 79.9. The Balaban J connectivity index is 3.25. The van der Waals surface area contributed by atoms with Crippen LogP contribution in [0.5, 0.6) is 5.75 Å². The maximum absolute atomic E-state index is 8.67. The summed E-state index contributed by atoms with van der Waals surface area (Å²) in [5.74, 6) is 0.845. The van der Waals surface area contributed by atoms with Crippen LogP contribution in [-0.2, 0) is 12.8 Å². The molecule has 0 bridgehead atoms. The summed E-state index contributed by atoms with van der Waals surface area (Å²) in [7, 11) is 1.64. The lowest BCUT2D eigenvalue weighted by atomic mass is 10.0. The molecule has 0 saturated heterocycles. The lowest BCUT2D eigenvalue weighted by Gasteiger charge is -2.11. The van der Waals surface area contributed by atoms with Gasteiger partial charge in [0.1, 0.15) is 5.75 Å². The molecule has 1 aromatic carbocycles. The van der Waals surface area contributed by atoms with Crippen LogP contribution >= 0.6 is 15.9 Å². The average molecular weight is 254 g/mol. The van der Waals surface area contributed by atoms with E-state index in [1.807, 2.05) is 12.1 Å². The van der Waals surface area contributed by atoms with Gasteiger partial charge < -0.3 is 4.74 Å². The van der Waals surface area contributed by atoms with Crippen molar-refractivity contribution in [3.05, 3.63) is 27.7 Å². The zero-order chi connectivity index (χ0) is 10.6. The second-order valence-electron chi connectivity index (χ2n) is 2.95. The van der Waals surface area contributed by atoms with Crippen LogP contribution in [0.1, 0.15) is 18.1 Å². The molecule has 0 aliphatic heterocycles. The first-order valence-electron chi connectivity index (χ1n) is 4.45. The lowest BCUT2D eigenvalue weighted by Crippen LogP contribution is -1.96. The summed E-state index contributed by atoms with van der Waals surface area (Å²) in [4.78, 5) is 0. The summed E-state index contributed by atoms with van der Waals surface area (Å²) in [5.41, 5.74) is 2.08. The predicted octanol–water partition coefficient (Wildman–Crippen LogP) is 3.09. The average Bonchev–Trinajstić information content (AvgIpc) is 2.17. The van der Waals surface area contributed by atoms with Gasteiger partial charge in [0, 0.05) is 10.0 Å². The van der Waals surface area contributed by atoms with E-state index < -0.39 is 0 Å². The molecular weight excluding hydrogens is 242 g/mol. The van der Waals surface area contributed by atoms with E-state index in [4.69, 9.17) is 10.00 Å². The minimum Gasteiger partial charge on any atom is -0.496 e. The van der Waals surface area contributed by atoms with E-state index in [1.54, 1.807) is 7.11 Å². The van der Waals surface area contributed by atoms with E-state index in [-0.39, 0.29) is 0 Å². The number of rotatable bonds is 3. The van der Waals surface area contributed by atoms with Crippen molar-refractivity contribution < 1.29 is 4.74 Å². The van der Waals surface area contributed by atoms with Gasteiger partial charge >= 0.3 is 0 Å². The van der Waals surface area contributed by atoms with Gasteiger partial charge in [-0.15, -0.1) is 0 Å². The van der Waals surface area contributed by atoms with E-state index in [0.29, 0.717) is 6.42 Å². The fraction of sp³-hybridized carbons (Fsp3) is 0.364. The van der Waals surface area contributed by atoms with E-state index in [9.17, 15) is 0 Å². The summed E-state index contributed by atoms with van der Waals surface area (Å²) in [6.07, 6.45) is 1.29. The van der Waals surface area contributed by atoms with E-state index >= 15 is 0 Å². The predicted molar refractivity (Wildman–Crippen MR) is 59.4 cm³/mol. The van der Waals surface area contributed by atoms with Crippen molar-refractivity contribution in [3.63, 3.8) is 0 Å². The third-order valence-electron chi connectivity index (χ3n) is 2.06. The van der Waals surface area contributed by atoms with Crippen LogP contribution in [0.25, 0.3) is 0 Å². The molecule has 0 unspecified atom stereocenters. The molecule has 0 amide bonds. The van der Waals surface area contributed by atoms with Crippen LogP contribution in [0.15, 0.2) is 16.6 Å². The van der Waals surface area contributed by atoms with Gasteiger partial charge in [0.2, 0.25) is 0 Å². The number of nitrogens with zero attached hydrogens (tertiary/aromatic N) is 1. The van der Waals surface area contributed by atoms with Gasteiger partial charge in [-0.2, -0.15) is 5.26 Å². The Hall–Kier alpha value is -1.01. The van der Waals surface area contributed by atoms with Gasteiger partial charge in [-0.25, -0.2) is 0 Å². The Morgan fingerprint density at radius 1 is 1.43 bits per heavy atom. The third kappa shape index (κ3) is 2.27. The molecule has 0 atom stereocenters. The summed E-state index contributed by atoms with van der Waals surface area (Å²) in [6.45, 7) is 2.07. The van der Waals surface area contributed by atoms with Crippen LogP contribution in [0.3, 0.4) is 0 Å². The third-order valence-corrected chi connectivity index (χ3v) is 2.52. The molecule has 0 radical (unpaired) electrons. The minimum atomic E-state index is 0.385. The number of methoxy groups -OCH3 is 1. The molecule has 0 aliphatic rings. The molecule has 0 aromatic heterocycles. The van der Waals surface area contributed by atoms with Crippen LogP contribution in [0.2, 0.25) is 0 Å². The maximum Gasteiger partial charge on any atom is 0.126 e. The van der Waals surface area contributed by atoms with Gasteiger partial charge in [0.15, 0.2) is 0 Å². The molecular formula is C11H12BrNO. The largest absolute Gasteiger partial charge is 0.496 e. The van der Waals surface area contributed by atoms with Crippen LogP contribution in [0.4, 0.5) is 0 Å². The van der Waals surface area contributed by atoms with Crippen molar-refractivity contribution in [2.45, 2.75) is 19.8 Å². The number of aryl methyl sites for hydroxylation is 1. The number of nitriles is 1. The molecule has 0 heterocycles. The van der Waals surface area contributed by atoms with Crippen molar-refractivity contribution in [1.29, 1.82) is 5.26 Å². The Labute approximate surface area is 92.6 Å². The first-order valence-corrected chi connectivity index (χ1v) is 5.24. The summed E-state index contributed by atoms with van der Waals surface area (Å²) >= 11 is 3.42. The molecule has 14 heavy (non-hydrogen) atoms. The summed E-state index contributed by atoms with van der Waals surface area (Å²) < 4.78 is 6.30. The standard InChI is InChI=1S/C11H12BrNO/c1-3-8-6-10(12)7-9(4-5-13)11(8)14-2/h6-7H,3-4H2,1-2H3. The monoisotopic (exact) mass is 253 g/mol. The van der Waals surface area contributed by atoms with E-state index in [2.05, 4.69) is 28.9 Å². The number of ether oxygens (including phenoxy) is 1. The van der Waals surface area contributed by atoms with Crippen LogP contribution < -0.4 is 4.74 Å². The topological polar surface area (TPSA) is 33.0 Å². The molecule has 74 valence electrons. The summed E-state index contributed by atoms with van der Waals surface area (Å²) in [6, 6.07) is 6.10. The molecule has 0 N–H and O–H groups in total. The minimum absolute atomic E-state index is 0.385. The number of benzene rings is 1. The molecule has 0 spiro atoms. The van der Waals surface area contributed by atoms with E-state index in [1.165, 1.54) is 0 Å². The van der Waals surface area contributed by atoms with Crippen molar-refractivity contribution in [2.24, 2.45) is 0 Å². The highest BCUT2D eigenvalue weighted by Crippen LogP contribution is 2.29. The maximum atomic E-state index is 8.67. The van der Waals surface area contributed by atoms with Gasteiger partial charge in [-0.05, 0) is 24.1 Å². The molecule has 0 aliphatic carbocycles. The zero-order valence-corrected chi connectivity index (χ0v) is 9.89. The van der Waals surface area contributed by atoms with Gasteiger partial charge in [-0.1, -0.05) is 22.9 Å². The van der Waals surface area contributed by atoms with Crippen molar-refractivity contribution in [3.8, 4) is 11.8 Å². The fourth-order valence-corrected chi connectivity index (χ4v) is 2.01.